The number of hydrogen-bond donors (Lipinski definition) is 1. The van der Waals surface area contributed by atoms with Gasteiger partial charge in [0.05, 0.1) is 0 Å². The molecule has 0 amide bonds. The number of benzene rings is 1. The van der Waals surface area contributed by atoms with Crippen LogP contribution in [0.15, 0.2) is 30.3 Å². The molecule has 17 heavy (non-hydrogen) atoms. The molecule has 0 saturated carbocycles. The molecule has 2 nitrogen and oxygen atoms in total. The summed E-state index contributed by atoms with van der Waals surface area (Å²) in [4.78, 5) is 2.37. The normalized spacial score (nSPS) is 15.2. The van der Waals surface area contributed by atoms with Crippen LogP contribution >= 0.6 is 0 Å². The molecule has 0 aromatic heterocycles. The van der Waals surface area contributed by atoms with E-state index >= 15 is 0 Å². The zero-order valence-corrected chi connectivity index (χ0v) is 11.6. The molecular weight excluding hydrogens is 208 g/mol. The third kappa shape index (κ3) is 4.88. The lowest BCUT2D eigenvalue weighted by Crippen LogP contribution is -2.33. The molecule has 0 bridgehead atoms. The van der Waals surface area contributed by atoms with Crippen LogP contribution in [0.25, 0.3) is 0 Å². The SMILES string of the molecule is CC(C)CN(C)CC(C)C(N)c1ccccc1. The first-order valence-electron chi connectivity index (χ1n) is 6.49. The van der Waals surface area contributed by atoms with Crippen molar-refractivity contribution in [2.24, 2.45) is 17.6 Å². The van der Waals surface area contributed by atoms with Gasteiger partial charge in [0, 0.05) is 19.1 Å². The van der Waals surface area contributed by atoms with Crippen LogP contribution in [0.1, 0.15) is 32.4 Å². The molecule has 1 aromatic carbocycles. The van der Waals surface area contributed by atoms with Crippen LogP contribution in [-0.4, -0.2) is 25.0 Å². The third-order valence-corrected chi connectivity index (χ3v) is 3.07. The van der Waals surface area contributed by atoms with Gasteiger partial charge in [-0.05, 0) is 24.4 Å². The van der Waals surface area contributed by atoms with Crippen molar-refractivity contribution in [3.05, 3.63) is 35.9 Å². The van der Waals surface area contributed by atoms with Crippen LogP contribution in [-0.2, 0) is 0 Å². The van der Waals surface area contributed by atoms with Crippen LogP contribution in [0.3, 0.4) is 0 Å². The van der Waals surface area contributed by atoms with Crippen molar-refractivity contribution in [1.29, 1.82) is 0 Å². The second-order valence-electron chi connectivity index (χ2n) is 5.53. The molecule has 1 aromatic rings. The Bertz CT molecular complexity index is 308. The fourth-order valence-corrected chi connectivity index (χ4v) is 2.31. The molecule has 2 N–H and O–H groups in total. The van der Waals surface area contributed by atoms with Gasteiger partial charge in [-0.3, -0.25) is 0 Å². The Labute approximate surface area is 106 Å². The highest BCUT2D eigenvalue weighted by Crippen LogP contribution is 2.19. The quantitative estimate of drug-likeness (QED) is 0.820. The molecule has 2 atom stereocenters. The van der Waals surface area contributed by atoms with Gasteiger partial charge in [0.15, 0.2) is 0 Å². The lowest BCUT2D eigenvalue weighted by atomic mass is 9.95. The summed E-state index contributed by atoms with van der Waals surface area (Å²) in [5, 5.41) is 0. The van der Waals surface area contributed by atoms with E-state index in [1.54, 1.807) is 0 Å². The van der Waals surface area contributed by atoms with Gasteiger partial charge in [-0.25, -0.2) is 0 Å². The molecule has 2 unspecified atom stereocenters. The predicted molar refractivity (Wildman–Crippen MR) is 74.9 cm³/mol. The second-order valence-corrected chi connectivity index (χ2v) is 5.53. The van der Waals surface area contributed by atoms with Crippen molar-refractivity contribution < 1.29 is 0 Å². The number of hydrogen-bond acceptors (Lipinski definition) is 2. The lowest BCUT2D eigenvalue weighted by molar-refractivity contribution is 0.241. The monoisotopic (exact) mass is 234 g/mol. The zero-order valence-electron chi connectivity index (χ0n) is 11.6. The lowest BCUT2D eigenvalue weighted by Gasteiger charge is -2.27. The second kappa shape index (κ2) is 6.77. The molecule has 0 saturated heterocycles. The summed E-state index contributed by atoms with van der Waals surface area (Å²) in [5.74, 6) is 1.18. The average Bonchev–Trinajstić information content (AvgIpc) is 2.28. The Hall–Kier alpha value is -0.860. The van der Waals surface area contributed by atoms with Gasteiger partial charge in [-0.1, -0.05) is 51.1 Å². The van der Waals surface area contributed by atoms with E-state index in [0.717, 1.165) is 13.1 Å². The average molecular weight is 234 g/mol. The van der Waals surface area contributed by atoms with E-state index in [4.69, 9.17) is 5.73 Å². The highest BCUT2D eigenvalue weighted by molar-refractivity contribution is 5.19. The van der Waals surface area contributed by atoms with Crippen molar-refractivity contribution in [2.45, 2.75) is 26.8 Å². The molecule has 0 aliphatic heterocycles. The minimum Gasteiger partial charge on any atom is -0.324 e. The number of nitrogens with zero attached hydrogens (tertiary/aromatic N) is 1. The van der Waals surface area contributed by atoms with Crippen molar-refractivity contribution in [3.8, 4) is 0 Å². The summed E-state index contributed by atoms with van der Waals surface area (Å²) in [6.07, 6.45) is 0. The van der Waals surface area contributed by atoms with Gasteiger partial charge in [-0.2, -0.15) is 0 Å². The topological polar surface area (TPSA) is 29.3 Å². The van der Waals surface area contributed by atoms with Gasteiger partial charge in [0.2, 0.25) is 0 Å². The Kier molecular flexibility index (Phi) is 5.66. The maximum absolute atomic E-state index is 6.29. The summed E-state index contributed by atoms with van der Waals surface area (Å²) in [6.45, 7) is 8.91. The van der Waals surface area contributed by atoms with E-state index < -0.39 is 0 Å². The molecule has 0 aliphatic carbocycles. The molecule has 0 spiro atoms. The van der Waals surface area contributed by atoms with Gasteiger partial charge in [-0.15, -0.1) is 0 Å². The van der Waals surface area contributed by atoms with Gasteiger partial charge in [0.1, 0.15) is 0 Å². The summed E-state index contributed by atoms with van der Waals surface area (Å²) < 4.78 is 0. The standard InChI is InChI=1S/C15H26N2/c1-12(2)10-17(4)11-13(3)15(16)14-8-6-5-7-9-14/h5-9,12-13,15H,10-11,16H2,1-4H3. The van der Waals surface area contributed by atoms with Crippen LogP contribution in [0.4, 0.5) is 0 Å². The molecule has 0 radical (unpaired) electrons. The largest absolute Gasteiger partial charge is 0.324 e. The first-order chi connectivity index (χ1) is 8.00. The Morgan fingerprint density at radius 2 is 1.65 bits per heavy atom. The van der Waals surface area contributed by atoms with Crippen LogP contribution < -0.4 is 5.73 Å². The van der Waals surface area contributed by atoms with Crippen molar-refractivity contribution >= 4 is 0 Å². The van der Waals surface area contributed by atoms with E-state index in [9.17, 15) is 0 Å². The molecule has 1 rings (SSSR count). The molecule has 96 valence electrons. The van der Waals surface area contributed by atoms with Crippen LogP contribution in [0, 0.1) is 11.8 Å². The fourth-order valence-electron chi connectivity index (χ4n) is 2.31. The first-order valence-corrected chi connectivity index (χ1v) is 6.49. The summed E-state index contributed by atoms with van der Waals surface area (Å²) in [7, 11) is 2.17. The smallest absolute Gasteiger partial charge is 0.0333 e. The van der Waals surface area contributed by atoms with E-state index in [2.05, 4.69) is 57.0 Å². The fraction of sp³-hybridized carbons (Fsp3) is 0.600. The summed E-state index contributed by atoms with van der Waals surface area (Å²) in [6, 6.07) is 10.5. The highest BCUT2D eigenvalue weighted by Gasteiger charge is 2.16. The minimum absolute atomic E-state index is 0.130. The van der Waals surface area contributed by atoms with Gasteiger partial charge >= 0.3 is 0 Å². The highest BCUT2D eigenvalue weighted by atomic mass is 15.1. The predicted octanol–water partition coefficient (Wildman–Crippen LogP) is 2.91. The Balaban J connectivity index is 2.50. The van der Waals surface area contributed by atoms with Crippen molar-refractivity contribution in [2.75, 3.05) is 20.1 Å². The van der Waals surface area contributed by atoms with Crippen LogP contribution in [0.5, 0.6) is 0 Å². The first kappa shape index (κ1) is 14.2. The maximum Gasteiger partial charge on any atom is 0.0333 e. The Morgan fingerprint density at radius 1 is 1.06 bits per heavy atom. The van der Waals surface area contributed by atoms with Crippen molar-refractivity contribution in [1.82, 2.24) is 4.90 Å². The van der Waals surface area contributed by atoms with Gasteiger partial charge < -0.3 is 10.6 Å². The summed E-state index contributed by atoms with van der Waals surface area (Å²) >= 11 is 0. The molecule has 0 aliphatic rings. The van der Waals surface area contributed by atoms with Crippen molar-refractivity contribution in [3.63, 3.8) is 0 Å². The number of rotatable bonds is 6. The van der Waals surface area contributed by atoms with Gasteiger partial charge in [0.25, 0.3) is 0 Å². The van der Waals surface area contributed by atoms with Crippen LogP contribution in [0.2, 0.25) is 0 Å². The van der Waals surface area contributed by atoms with E-state index in [-0.39, 0.29) is 6.04 Å². The maximum atomic E-state index is 6.29. The summed E-state index contributed by atoms with van der Waals surface area (Å²) in [5.41, 5.74) is 7.53. The zero-order chi connectivity index (χ0) is 12.8. The third-order valence-electron chi connectivity index (χ3n) is 3.07. The van der Waals surface area contributed by atoms with E-state index in [1.165, 1.54) is 5.56 Å². The molecule has 0 heterocycles. The minimum atomic E-state index is 0.130. The molecule has 0 fully saturated rings. The van der Waals surface area contributed by atoms with E-state index in [1.807, 2.05) is 6.07 Å². The Morgan fingerprint density at radius 3 is 2.18 bits per heavy atom. The van der Waals surface area contributed by atoms with E-state index in [0.29, 0.717) is 11.8 Å². The molecule has 2 heteroatoms. The molecular formula is C15H26N2. The number of nitrogens with two attached hydrogens (primary N) is 1.